The van der Waals surface area contributed by atoms with E-state index in [2.05, 4.69) is 10.6 Å². The molecule has 0 bridgehead atoms. The molecule has 22 heavy (non-hydrogen) atoms. The maximum absolute atomic E-state index is 12.0. The van der Waals surface area contributed by atoms with Gasteiger partial charge in [-0.25, -0.2) is 4.79 Å². The van der Waals surface area contributed by atoms with Crippen LogP contribution in [0.3, 0.4) is 0 Å². The highest BCUT2D eigenvalue weighted by Gasteiger charge is 2.30. The van der Waals surface area contributed by atoms with E-state index in [0.717, 1.165) is 4.90 Å². The molecule has 1 aromatic carbocycles. The Hall–Kier alpha value is -2.02. The third-order valence-corrected chi connectivity index (χ3v) is 3.94. The van der Waals surface area contributed by atoms with Gasteiger partial charge in [-0.15, -0.1) is 11.8 Å². The third-order valence-electron chi connectivity index (χ3n) is 2.83. The van der Waals surface area contributed by atoms with Crippen molar-refractivity contribution in [3.63, 3.8) is 0 Å². The number of aliphatic carboxylic acids is 1. The van der Waals surface area contributed by atoms with Crippen molar-refractivity contribution >= 4 is 35.2 Å². The van der Waals surface area contributed by atoms with Crippen LogP contribution < -0.4 is 10.6 Å². The second-order valence-corrected chi connectivity index (χ2v) is 6.80. The van der Waals surface area contributed by atoms with Crippen molar-refractivity contribution in [2.75, 3.05) is 5.32 Å². The lowest BCUT2D eigenvalue weighted by Crippen LogP contribution is -2.51. The molecule has 2 amide bonds. The van der Waals surface area contributed by atoms with E-state index in [0.29, 0.717) is 5.69 Å². The second kappa shape index (κ2) is 7.31. The molecule has 3 N–H and O–H groups in total. The minimum atomic E-state index is -1.30. The summed E-state index contributed by atoms with van der Waals surface area (Å²) in [5.74, 6) is -1.58. The van der Waals surface area contributed by atoms with E-state index in [4.69, 9.17) is 5.11 Å². The van der Waals surface area contributed by atoms with Crippen molar-refractivity contribution in [2.45, 2.75) is 43.4 Å². The van der Waals surface area contributed by atoms with Crippen LogP contribution in [-0.2, 0) is 14.4 Å². The van der Waals surface area contributed by atoms with Crippen molar-refractivity contribution in [3.8, 4) is 0 Å². The van der Waals surface area contributed by atoms with Crippen molar-refractivity contribution < 1.29 is 19.5 Å². The van der Waals surface area contributed by atoms with Crippen LogP contribution in [0.5, 0.6) is 0 Å². The number of hydrogen-bond acceptors (Lipinski definition) is 4. The predicted molar refractivity (Wildman–Crippen MR) is 85.9 cm³/mol. The molecule has 1 aromatic rings. The van der Waals surface area contributed by atoms with Gasteiger partial charge in [0.1, 0.15) is 5.54 Å². The van der Waals surface area contributed by atoms with E-state index in [-0.39, 0.29) is 11.8 Å². The van der Waals surface area contributed by atoms with E-state index in [1.165, 1.54) is 32.5 Å². The predicted octanol–water partition coefficient (Wildman–Crippen LogP) is 2.10. The number of nitrogens with one attached hydrogen (secondary N) is 2. The zero-order valence-corrected chi connectivity index (χ0v) is 13.8. The van der Waals surface area contributed by atoms with Crippen LogP contribution in [0.2, 0.25) is 0 Å². The fourth-order valence-electron chi connectivity index (χ4n) is 1.54. The quantitative estimate of drug-likeness (QED) is 0.697. The third kappa shape index (κ3) is 5.40. The molecule has 0 saturated heterocycles. The second-order valence-electron chi connectivity index (χ2n) is 5.39. The monoisotopic (exact) mass is 324 g/mol. The highest BCUT2D eigenvalue weighted by Crippen LogP contribution is 2.25. The summed E-state index contributed by atoms with van der Waals surface area (Å²) in [6.07, 6.45) is 0. The topological polar surface area (TPSA) is 95.5 Å². The summed E-state index contributed by atoms with van der Waals surface area (Å²) in [7, 11) is 0. The summed E-state index contributed by atoms with van der Waals surface area (Å²) in [5.41, 5.74) is -0.623. The fraction of sp³-hybridized carbons (Fsp3) is 0.400. The summed E-state index contributed by atoms with van der Waals surface area (Å²) in [4.78, 5) is 34.8. The van der Waals surface area contributed by atoms with Gasteiger partial charge in [-0.2, -0.15) is 0 Å². The highest BCUT2D eigenvalue weighted by molar-refractivity contribution is 8.00. The number of carboxylic acids is 1. The van der Waals surface area contributed by atoms with Gasteiger partial charge in [-0.1, -0.05) is 0 Å². The fourth-order valence-corrected chi connectivity index (χ4v) is 2.41. The molecule has 0 aliphatic rings. The Morgan fingerprint density at radius 1 is 1.18 bits per heavy atom. The number of amides is 2. The molecule has 7 heteroatoms. The van der Waals surface area contributed by atoms with Crippen LogP contribution in [0.1, 0.15) is 27.7 Å². The molecule has 0 fully saturated rings. The lowest BCUT2D eigenvalue weighted by atomic mass is 10.1. The average molecular weight is 324 g/mol. The van der Waals surface area contributed by atoms with Gasteiger partial charge in [0.25, 0.3) is 0 Å². The molecule has 1 atom stereocenters. The molecular formula is C15H20N2O4S. The minimum absolute atomic E-state index is 0.149. The van der Waals surface area contributed by atoms with Gasteiger partial charge in [0.05, 0.1) is 5.25 Å². The summed E-state index contributed by atoms with van der Waals surface area (Å²) >= 11 is 1.31. The smallest absolute Gasteiger partial charge is 0.328 e. The van der Waals surface area contributed by atoms with Gasteiger partial charge in [0.15, 0.2) is 0 Å². The number of hydrogen-bond donors (Lipinski definition) is 3. The van der Waals surface area contributed by atoms with Gasteiger partial charge in [0.2, 0.25) is 11.8 Å². The number of carbonyl (C=O) groups is 3. The lowest BCUT2D eigenvalue weighted by molar-refractivity contribution is -0.145. The SMILES string of the molecule is CC(=O)Nc1ccc(SC(C)C(=O)NC(C)(C)C(=O)O)cc1. The first kappa shape index (κ1) is 18.0. The molecule has 120 valence electrons. The summed E-state index contributed by atoms with van der Waals surface area (Å²) < 4.78 is 0. The van der Waals surface area contributed by atoms with Gasteiger partial charge >= 0.3 is 5.97 Å². The number of carboxylic acid groups (broad SMARTS) is 1. The summed E-state index contributed by atoms with van der Waals surface area (Å²) in [6, 6.07) is 7.08. The first-order valence-electron chi connectivity index (χ1n) is 6.71. The van der Waals surface area contributed by atoms with E-state index < -0.39 is 16.8 Å². The number of benzene rings is 1. The first-order chi connectivity index (χ1) is 10.1. The molecule has 1 unspecified atom stereocenters. The highest BCUT2D eigenvalue weighted by atomic mass is 32.2. The molecule has 0 heterocycles. The van der Waals surface area contributed by atoms with Gasteiger partial charge in [-0.05, 0) is 45.0 Å². The number of rotatable bonds is 6. The maximum Gasteiger partial charge on any atom is 0.328 e. The number of thioether (sulfide) groups is 1. The Morgan fingerprint density at radius 2 is 1.73 bits per heavy atom. The Kier molecular flexibility index (Phi) is 5.99. The van der Waals surface area contributed by atoms with Crippen LogP contribution in [0.25, 0.3) is 0 Å². The van der Waals surface area contributed by atoms with Crippen LogP contribution in [-0.4, -0.2) is 33.7 Å². The zero-order valence-electron chi connectivity index (χ0n) is 13.0. The van der Waals surface area contributed by atoms with Crippen LogP contribution in [0.15, 0.2) is 29.2 Å². The number of anilines is 1. The normalized spacial score (nSPS) is 12.4. The van der Waals surface area contributed by atoms with Crippen molar-refractivity contribution in [3.05, 3.63) is 24.3 Å². The molecule has 0 spiro atoms. The van der Waals surface area contributed by atoms with Gasteiger partial charge in [-0.3, -0.25) is 9.59 Å². The van der Waals surface area contributed by atoms with Crippen molar-refractivity contribution in [2.24, 2.45) is 0 Å². The van der Waals surface area contributed by atoms with Gasteiger partial charge in [0, 0.05) is 17.5 Å². The van der Waals surface area contributed by atoms with E-state index in [1.54, 1.807) is 31.2 Å². The molecule has 0 aliphatic heterocycles. The Bertz CT molecular complexity index is 569. The molecule has 6 nitrogen and oxygen atoms in total. The lowest BCUT2D eigenvalue weighted by Gasteiger charge is -2.23. The molecule has 0 aliphatic carbocycles. The first-order valence-corrected chi connectivity index (χ1v) is 7.59. The van der Waals surface area contributed by atoms with Crippen molar-refractivity contribution in [1.29, 1.82) is 0 Å². The largest absolute Gasteiger partial charge is 0.480 e. The molecule has 1 rings (SSSR count). The van der Waals surface area contributed by atoms with Gasteiger partial charge < -0.3 is 15.7 Å². The number of carbonyl (C=O) groups excluding carboxylic acids is 2. The zero-order chi connectivity index (χ0) is 16.9. The molecule has 0 radical (unpaired) electrons. The van der Waals surface area contributed by atoms with E-state index >= 15 is 0 Å². The molecule has 0 aromatic heterocycles. The van der Waals surface area contributed by atoms with Crippen molar-refractivity contribution in [1.82, 2.24) is 5.32 Å². The van der Waals surface area contributed by atoms with E-state index in [1.807, 2.05) is 0 Å². The standard InChI is InChI=1S/C15H20N2O4S/c1-9(13(19)17-15(3,4)14(20)21)22-12-7-5-11(6-8-12)16-10(2)18/h5-9H,1-4H3,(H,16,18)(H,17,19)(H,20,21). The minimum Gasteiger partial charge on any atom is -0.480 e. The van der Waals surface area contributed by atoms with Crippen LogP contribution in [0, 0.1) is 0 Å². The Morgan fingerprint density at radius 3 is 2.18 bits per heavy atom. The van der Waals surface area contributed by atoms with Crippen LogP contribution >= 0.6 is 11.8 Å². The Balaban J connectivity index is 2.64. The molecular weight excluding hydrogens is 304 g/mol. The maximum atomic E-state index is 12.0. The molecule has 0 saturated carbocycles. The van der Waals surface area contributed by atoms with Crippen LogP contribution in [0.4, 0.5) is 5.69 Å². The summed E-state index contributed by atoms with van der Waals surface area (Å²) in [6.45, 7) is 6.01. The van der Waals surface area contributed by atoms with E-state index in [9.17, 15) is 14.4 Å². The average Bonchev–Trinajstić information content (AvgIpc) is 2.39. The Labute approximate surface area is 133 Å². The summed E-state index contributed by atoms with van der Waals surface area (Å²) in [5, 5.41) is 13.7.